The summed E-state index contributed by atoms with van der Waals surface area (Å²) in [5.74, 6) is 0. The second-order valence-corrected chi connectivity index (χ2v) is 19.4. The van der Waals surface area contributed by atoms with Crippen molar-refractivity contribution in [2.45, 2.75) is 5.41 Å². The maximum absolute atomic E-state index is 6.42. The molecular formula is C67H43NOS. The Bertz CT molecular complexity index is 4070. The first-order valence-corrected chi connectivity index (χ1v) is 24.8. The summed E-state index contributed by atoms with van der Waals surface area (Å²) in [7, 11) is 0. The summed E-state index contributed by atoms with van der Waals surface area (Å²) in [6, 6.07) is 95.6. The van der Waals surface area contributed by atoms with Gasteiger partial charge in [0.05, 0.1) is 11.1 Å². The molecule has 0 fully saturated rings. The molecule has 0 aliphatic heterocycles. The van der Waals surface area contributed by atoms with Crippen molar-refractivity contribution in [3.8, 4) is 44.5 Å². The maximum atomic E-state index is 6.42. The Morgan fingerprint density at radius 1 is 0.343 bits per heavy atom. The number of rotatable bonds is 8. The molecule has 14 rings (SSSR count). The molecule has 0 N–H and O–H groups in total. The van der Waals surface area contributed by atoms with E-state index in [1.54, 1.807) is 0 Å². The molecule has 2 aromatic heterocycles. The van der Waals surface area contributed by atoms with Crippen LogP contribution in [0.5, 0.6) is 0 Å². The van der Waals surface area contributed by atoms with Crippen LogP contribution in [0.1, 0.15) is 22.3 Å². The van der Waals surface area contributed by atoms with E-state index in [1.165, 1.54) is 64.7 Å². The van der Waals surface area contributed by atoms with Crippen molar-refractivity contribution in [1.29, 1.82) is 0 Å². The summed E-state index contributed by atoms with van der Waals surface area (Å²) < 4.78 is 9.04. The van der Waals surface area contributed by atoms with E-state index in [-0.39, 0.29) is 0 Å². The fourth-order valence-electron chi connectivity index (χ4n) is 11.4. The largest absolute Gasteiger partial charge is 0.455 e. The molecule has 0 atom stereocenters. The minimum absolute atomic E-state index is 0.525. The number of para-hydroxylation sites is 2. The normalized spacial score (nSPS) is 12.7. The van der Waals surface area contributed by atoms with Crippen molar-refractivity contribution in [2.75, 3.05) is 4.90 Å². The van der Waals surface area contributed by atoms with E-state index in [0.717, 1.165) is 61.3 Å². The fourth-order valence-corrected chi connectivity index (χ4v) is 12.5. The van der Waals surface area contributed by atoms with E-state index in [1.807, 2.05) is 23.5 Å². The number of nitrogens with zero attached hydrogens (tertiary/aromatic N) is 1. The molecule has 11 aromatic carbocycles. The van der Waals surface area contributed by atoms with Crippen LogP contribution < -0.4 is 4.90 Å². The van der Waals surface area contributed by atoms with Gasteiger partial charge in [0.2, 0.25) is 0 Å². The van der Waals surface area contributed by atoms with Gasteiger partial charge in [0, 0.05) is 53.4 Å². The molecule has 1 aliphatic carbocycles. The van der Waals surface area contributed by atoms with Gasteiger partial charge in [0.25, 0.3) is 0 Å². The molecule has 13 aromatic rings. The van der Waals surface area contributed by atoms with Crippen molar-refractivity contribution in [2.24, 2.45) is 0 Å². The predicted octanol–water partition coefficient (Wildman–Crippen LogP) is 18.8. The zero-order chi connectivity index (χ0) is 46.2. The van der Waals surface area contributed by atoms with Crippen molar-refractivity contribution in [3.63, 3.8) is 0 Å². The van der Waals surface area contributed by atoms with Gasteiger partial charge in [0.1, 0.15) is 11.2 Å². The molecule has 70 heavy (non-hydrogen) atoms. The van der Waals surface area contributed by atoms with E-state index in [2.05, 4.69) is 254 Å². The molecule has 0 radical (unpaired) electrons. The molecule has 328 valence electrons. The lowest BCUT2D eigenvalue weighted by Gasteiger charge is -2.34. The number of fused-ring (bicyclic) bond motifs is 9. The zero-order valence-electron chi connectivity index (χ0n) is 38.1. The highest BCUT2D eigenvalue weighted by atomic mass is 32.1. The van der Waals surface area contributed by atoms with Crippen molar-refractivity contribution >= 4 is 70.5 Å². The summed E-state index contributed by atoms with van der Waals surface area (Å²) >= 11 is 1.86. The Kier molecular flexibility index (Phi) is 9.33. The number of thiophene rings is 1. The average Bonchev–Trinajstić information content (AvgIpc) is 4.11. The van der Waals surface area contributed by atoms with Gasteiger partial charge in [-0.15, -0.1) is 11.3 Å². The van der Waals surface area contributed by atoms with Crippen LogP contribution in [0.15, 0.2) is 265 Å². The van der Waals surface area contributed by atoms with Crippen LogP contribution in [0.2, 0.25) is 0 Å². The molecule has 0 unspecified atom stereocenters. The Morgan fingerprint density at radius 2 is 0.914 bits per heavy atom. The molecule has 0 saturated carbocycles. The molecule has 2 nitrogen and oxygen atoms in total. The quantitative estimate of drug-likeness (QED) is 0.151. The van der Waals surface area contributed by atoms with E-state index in [4.69, 9.17) is 4.42 Å². The monoisotopic (exact) mass is 909 g/mol. The van der Waals surface area contributed by atoms with E-state index in [9.17, 15) is 0 Å². The summed E-state index contributed by atoms with van der Waals surface area (Å²) in [6.45, 7) is 0. The number of benzene rings is 11. The highest BCUT2D eigenvalue weighted by Gasteiger charge is 2.47. The Morgan fingerprint density at radius 3 is 1.71 bits per heavy atom. The van der Waals surface area contributed by atoms with Gasteiger partial charge < -0.3 is 9.32 Å². The average molecular weight is 910 g/mol. The van der Waals surface area contributed by atoms with Crippen LogP contribution in [0, 0.1) is 0 Å². The lowest BCUT2D eigenvalue weighted by Crippen LogP contribution is -2.28. The third kappa shape index (κ3) is 6.25. The SMILES string of the molecule is c1ccc(C2(c3ccccc3)c3ccccc3-c3c(N(c4ccc(-c5ccc(-c6cccc7c6oc6ccccc67)cc5)cc4)c4cccc(-c5ccc6sc7ccccc7c6c5)c4)cccc32)cc1. The maximum Gasteiger partial charge on any atom is 0.143 e. The van der Waals surface area contributed by atoms with Gasteiger partial charge in [0.15, 0.2) is 0 Å². The zero-order valence-corrected chi connectivity index (χ0v) is 38.9. The van der Waals surface area contributed by atoms with Crippen LogP contribution in [-0.2, 0) is 5.41 Å². The van der Waals surface area contributed by atoms with Crippen LogP contribution in [0.4, 0.5) is 17.1 Å². The summed E-state index contributed by atoms with van der Waals surface area (Å²) in [5, 5.41) is 4.88. The summed E-state index contributed by atoms with van der Waals surface area (Å²) in [4.78, 5) is 2.48. The Labute approximate surface area is 410 Å². The highest BCUT2D eigenvalue weighted by Crippen LogP contribution is 2.59. The number of anilines is 3. The standard InChI is InChI=1S/C67H43NOS/c1-3-17-49(18-4-1)67(50-19-5-2-6-20-50)59-27-10-7-24-57(59)65-60(67)28-15-29-61(65)68(52-21-13-16-47(42-52)48-38-41-64-58(43-48)55-23-9-12-31-63(55)70-64)51-39-36-45(37-40-51)44-32-34-46(35-33-44)53-25-14-26-56-54-22-8-11-30-62(54)69-66(53)56/h1-43H. The molecular weight excluding hydrogens is 867 g/mol. The van der Waals surface area contributed by atoms with Gasteiger partial charge in [-0.3, -0.25) is 0 Å². The van der Waals surface area contributed by atoms with E-state index < -0.39 is 5.41 Å². The third-order valence-electron chi connectivity index (χ3n) is 14.6. The smallest absolute Gasteiger partial charge is 0.143 e. The second-order valence-electron chi connectivity index (χ2n) is 18.3. The van der Waals surface area contributed by atoms with Crippen molar-refractivity contribution in [1.82, 2.24) is 0 Å². The minimum Gasteiger partial charge on any atom is -0.455 e. The van der Waals surface area contributed by atoms with Crippen LogP contribution in [0.3, 0.4) is 0 Å². The summed E-state index contributed by atoms with van der Waals surface area (Å²) in [5.41, 5.74) is 19.0. The van der Waals surface area contributed by atoms with Gasteiger partial charge in [-0.05, 0) is 110 Å². The first-order valence-electron chi connectivity index (χ1n) is 24.0. The molecule has 0 bridgehead atoms. The third-order valence-corrected chi connectivity index (χ3v) is 15.7. The summed E-state index contributed by atoms with van der Waals surface area (Å²) in [6.07, 6.45) is 0. The topological polar surface area (TPSA) is 16.4 Å². The lowest BCUT2D eigenvalue weighted by molar-refractivity contribution is 0.670. The van der Waals surface area contributed by atoms with Gasteiger partial charge >= 0.3 is 0 Å². The molecule has 2 heterocycles. The molecule has 1 aliphatic rings. The highest BCUT2D eigenvalue weighted by molar-refractivity contribution is 7.25. The van der Waals surface area contributed by atoms with Gasteiger partial charge in [-0.1, -0.05) is 206 Å². The molecule has 3 heteroatoms. The lowest BCUT2D eigenvalue weighted by atomic mass is 9.68. The molecule has 0 saturated heterocycles. The Balaban J connectivity index is 0.925. The van der Waals surface area contributed by atoms with Gasteiger partial charge in [-0.2, -0.15) is 0 Å². The second kappa shape index (κ2) is 16.2. The molecule has 0 spiro atoms. The first kappa shape index (κ1) is 40.3. The first-order chi connectivity index (χ1) is 34.7. The predicted molar refractivity (Wildman–Crippen MR) is 295 cm³/mol. The van der Waals surface area contributed by atoms with Gasteiger partial charge in [-0.25, -0.2) is 0 Å². The Hall–Kier alpha value is -8.76. The fraction of sp³-hybridized carbons (Fsp3) is 0.0149. The van der Waals surface area contributed by atoms with Crippen LogP contribution >= 0.6 is 11.3 Å². The number of hydrogen-bond donors (Lipinski definition) is 0. The van der Waals surface area contributed by atoms with Crippen molar-refractivity contribution < 1.29 is 4.42 Å². The van der Waals surface area contributed by atoms with Crippen LogP contribution in [-0.4, -0.2) is 0 Å². The van der Waals surface area contributed by atoms with E-state index >= 15 is 0 Å². The number of furan rings is 1. The van der Waals surface area contributed by atoms with E-state index in [0.29, 0.717) is 0 Å². The van der Waals surface area contributed by atoms with Crippen LogP contribution in [0.25, 0.3) is 86.6 Å². The minimum atomic E-state index is -0.525. The molecule has 0 amide bonds. The number of hydrogen-bond acceptors (Lipinski definition) is 3. The van der Waals surface area contributed by atoms with Crippen molar-refractivity contribution in [3.05, 3.63) is 283 Å².